The number of ether oxygens (including phenoxy) is 2. The van der Waals surface area contributed by atoms with Crippen molar-refractivity contribution in [3.05, 3.63) is 84.4 Å². The maximum atomic E-state index is 12.5. The number of ketones is 1. The third-order valence-corrected chi connectivity index (χ3v) is 5.04. The molecule has 0 fully saturated rings. The average molecular weight is 418 g/mol. The van der Waals surface area contributed by atoms with E-state index in [0.717, 1.165) is 17.1 Å². The van der Waals surface area contributed by atoms with Gasteiger partial charge in [-0.1, -0.05) is 30.0 Å². The summed E-state index contributed by atoms with van der Waals surface area (Å²) in [6.07, 6.45) is 0. The molecule has 0 amide bonds. The molecule has 0 aliphatic carbocycles. The Kier molecular flexibility index (Phi) is 6.10. The number of rotatable bonds is 8. The van der Waals surface area contributed by atoms with E-state index in [0.29, 0.717) is 22.4 Å². The number of para-hydroxylation sites is 1. The van der Waals surface area contributed by atoms with Gasteiger partial charge in [-0.2, -0.15) is 0 Å². The molecule has 0 aliphatic heterocycles. The Morgan fingerprint density at radius 3 is 2.23 bits per heavy atom. The highest BCUT2D eigenvalue weighted by atomic mass is 32.2. The molecule has 0 unspecified atom stereocenters. The predicted octanol–water partition coefficient (Wildman–Crippen LogP) is 5.51. The standard InChI is InChI=1S/C23H18N2O4S/c1-27-18-11-9-17(10-12-18)22-24-25-23(29-22)30-15-21(26)16-7-13-20(14-8-16)28-19-5-3-2-4-6-19/h2-14H,15H2,1H3. The number of carbonyl (C=O) groups is 1. The van der Waals surface area contributed by atoms with Crippen molar-refractivity contribution < 1.29 is 18.7 Å². The van der Waals surface area contributed by atoms with Crippen LogP contribution in [0, 0.1) is 0 Å². The summed E-state index contributed by atoms with van der Waals surface area (Å²) in [6.45, 7) is 0. The summed E-state index contributed by atoms with van der Waals surface area (Å²) >= 11 is 1.21. The first-order valence-corrected chi connectivity index (χ1v) is 10.2. The van der Waals surface area contributed by atoms with Gasteiger partial charge in [0.15, 0.2) is 5.78 Å². The van der Waals surface area contributed by atoms with E-state index in [1.54, 1.807) is 31.4 Å². The average Bonchev–Trinajstić information content (AvgIpc) is 3.28. The van der Waals surface area contributed by atoms with E-state index in [1.165, 1.54) is 11.8 Å². The molecule has 0 spiro atoms. The van der Waals surface area contributed by atoms with Gasteiger partial charge in [0.05, 0.1) is 12.9 Å². The number of benzene rings is 3. The number of hydrogen-bond donors (Lipinski definition) is 0. The van der Waals surface area contributed by atoms with Gasteiger partial charge < -0.3 is 13.9 Å². The molecule has 0 radical (unpaired) electrons. The third-order valence-electron chi connectivity index (χ3n) is 4.23. The summed E-state index contributed by atoms with van der Waals surface area (Å²) in [5, 5.41) is 8.39. The number of carbonyl (C=O) groups excluding carboxylic acids is 1. The van der Waals surface area contributed by atoms with Gasteiger partial charge in [-0.05, 0) is 60.7 Å². The van der Waals surface area contributed by atoms with E-state index in [-0.39, 0.29) is 11.5 Å². The van der Waals surface area contributed by atoms with Crippen LogP contribution in [-0.4, -0.2) is 28.8 Å². The zero-order valence-electron chi connectivity index (χ0n) is 16.1. The highest BCUT2D eigenvalue weighted by molar-refractivity contribution is 7.99. The Balaban J connectivity index is 1.33. The van der Waals surface area contributed by atoms with Gasteiger partial charge >= 0.3 is 0 Å². The molecule has 0 aliphatic rings. The summed E-state index contributed by atoms with van der Waals surface area (Å²) in [6, 6.07) is 23.9. The van der Waals surface area contributed by atoms with Crippen molar-refractivity contribution in [1.82, 2.24) is 10.2 Å². The normalized spacial score (nSPS) is 10.6. The van der Waals surface area contributed by atoms with Crippen LogP contribution in [0.5, 0.6) is 17.2 Å². The van der Waals surface area contributed by atoms with Crippen LogP contribution >= 0.6 is 11.8 Å². The molecule has 150 valence electrons. The van der Waals surface area contributed by atoms with E-state index in [1.807, 2.05) is 54.6 Å². The van der Waals surface area contributed by atoms with Gasteiger partial charge in [-0.15, -0.1) is 10.2 Å². The van der Waals surface area contributed by atoms with E-state index < -0.39 is 0 Å². The van der Waals surface area contributed by atoms with Gasteiger partial charge in [0.2, 0.25) is 5.89 Å². The van der Waals surface area contributed by atoms with Crippen molar-refractivity contribution in [1.29, 1.82) is 0 Å². The van der Waals surface area contributed by atoms with Crippen molar-refractivity contribution in [3.8, 4) is 28.7 Å². The molecule has 0 saturated heterocycles. The maximum Gasteiger partial charge on any atom is 0.277 e. The zero-order valence-corrected chi connectivity index (χ0v) is 17.0. The van der Waals surface area contributed by atoms with Crippen LogP contribution in [0.1, 0.15) is 10.4 Å². The van der Waals surface area contributed by atoms with Gasteiger partial charge in [0.1, 0.15) is 17.2 Å². The molecule has 0 saturated carbocycles. The molecule has 6 nitrogen and oxygen atoms in total. The summed E-state index contributed by atoms with van der Waals surface area (Å²) in [7, 11) is 1.61. The lowest BCUT2D eigenvalue weighted by Crippen LogP contribution is -2.02. The first-order chi connectivity index (χ1) is 14.7. The van der Waals surface area contributed by atoms with Crippen LogP contribution in [0.3, 0.4) is 0 Å². The molecule has 4 rings (SSSR count). The van der Waals surface area contributed by atoms with Crippen LogP contribution in [0.2, 0.25) is 0 Å². The van der Waals surface area contributed by atoms with Crippen molar-refractivity contribution in [2.75, 3.05) is 12.9 Å². The lowest BCUT2D eigenvalue weighted by Gasteiger charge is -2.06. The fourth-order valence-electron chi connectivity index (χ4n) is 2.66. The SMILES string of the molecule is COc1ccc(-c2nnc(SCC(=O)c3ccc(Oc4ccccc4)cc3)o2)cc1. The first-order valence-electron chi connectivity index (χ1n) is 9.18. The lowest BCUT2D eigenvalue weighted by atomic mass is 10.1. The molecular weight excluding hydrogens is 400 g/mol. The highest BCUT2D eigenvalue weighted by Crippen LogP contribution is 2.26. The summed E-state index contributed by atoms with van der Waals surface area (Å²) in [5.41, 5.74) is 1.38. The monoisotopic (exact) mass is 418 g/mol. The summed E-state index contributed by atoms with van der Waals surface area (Å²) < 4.78 is 16.5. The van der Waals surface area contributed by atoms with Gasteiger partial charge in [0, 0.05) is 11.1 Å². The molecule has 3 aromatic carbocycles. The van der Waals surface area contributed by atoms with Crippen molar-refractivity contribution >= 4 is 17.5 Å². The van der Waals surface area contributed by atoms with E-state index in [9.17, 15) is 4.79 Å². The largest absolute Gasteiger partial charge is 0.497 e. The number of thioether (sulfide) groups is 1. The van der Waals surface area contributed by atoms with Crippen molar-refractivity contribution in [2.45, 2.75) is 5.22 Å². The third kappa shape index (κ3) is 4.87. The number of aromatic nitrogens is 2. The molecular formula is C23H18N2O4S. The Bertz CT molecular complexity index is 1110. The Morgan fingerprint density at radius 2 is 1.53 bits per heavy atom. The van der Waals surface area contributed by atoms with Crippen LogP contribution < -0.4 is 9.47 Å². The molecule has 1 aromatic heterocycles. The number of hydrogen-bond acceptors (Lipinski definition) is 7. The minimum atomic E-state index is -0.0320. The fourth-order valence-corrected chi connectivity index (χ4v) is 3.32. The smallest absolute Gasteiger partial charge is 0.277 e. The van der Waals surface area contributed by atoms with Crippen LogP contribution in [-0.2, 0) is 0 Å². The Hall–Kier alpha value is -3.58. The minimum Gasteiger partial charge on any atom is -0.497 e. The highest BCUT2D eigenvalue weighted by Gasteiger charge is 2.13. The fraction of sp³-hybridized carbons (Fsp3) is 0.0870. The first kappa shape index (κ1) is 19.7. The molecule has 0 bridgehead atoms. The van der Waals surface area contributed by atoms with Gasteiger partial charge in [0.25, 0.3) is 5.22 Å². The molecule has 4 aromatic rings. The number of methoxy groups -OCH3 is 1. The second kappa shape index (κ2) is 9.28. The van der Waals surface area contributed by atoms with E-state index >= 15 is 0 Å². The number of Topliss-reactive ketones (excluding diaryl/α,β-unsaturated/α-hetero) is 1. The second-order valence-corrected chi connectivity index (χ2v) is 7.18. The van der Waals surface area contributed by atoms with Gasteiger partial charge in [-0.25, -0.2) is 0 Å². The molecule has 1 heterocycles. The Morgan fingerprint density at radius 1 is 0.867 bits per heavy atom. The van der Waals surface area contributed by atoms with Crippen LogP contribution in [0.4, 0.5) is 0 Å². The number of nitrogens with zero attached hydrogens (tertiary/aromatic N) is 2. The van der Waals surface area contributed by atoms with E-state index in [2.05, 4.69) is 10.2 Å². The summed E-state index contributed by atoms with van der Waals surface area (Å²) in [4.78, 5) is 12.5. The van der Waals surface area contributed by atoms with Gasteiger partial charge in [-0.3, -0.25) is 4.79 Å². The lowest BCUT2D eigenvalue weighted by molar-refractivity contribution is 0.102. The molecule has 0 N–H and O–H groups in total. The molecule has 30 heavy (non-hydrogen) atoms. The summed E-state index contributed by atoms with van der Waals surface area (Å²) in [5.74, 6) is 2.73. The van der Waals surface area contributed by atoms with Crippen LogP contribution in [0.15, 0.2) is 88.5 Å². The Labute approximate surface area is 177 Å². The van der Waals surface area contributed by atoms with E-state index in [4.69, 9.17) is 13.9 Å². The second-order valence-electron chi connectivity index (χ2n) is 6.25. The predicted molar refractivity (Wildman–Crippen MR) is 114 cm³/mol. The zero-order chi connectivity index (χ0) is 20.8. The minimum absolute atomic E-state index is 0.0320. The maximum absolute atomic E-state index is 12.5. The molecule has 0 atom stereocenters. The van der Waals surface area contributed by atoms with Crippen LogP contribution in [0.25, 0.3) is 11.5 Å². The topological polar surface area (TPSA) is 74.5 Å². The quantitative estimate of drug-likeness (QED) is 0.276. The van der Waals surface area contributed by atoms with Crippen molar-refractivity contribution in [3.63, 3.8) is 0 Å². The van der Waals surface area contributed by atoms with Crippen molar-refractivity contribution in [2.24, 2.45) is 0 Å². The molecule has 7 heteroatoms.